The number of hydrogen-bond acceptors (Lipinski definition) is 3. The van der Waals surface area contributed by atoms with Gasteiger partial charge in [0, 0.05) is 17.4 Å². The summed E-state index contributed by atoms with van der Waals surface area (Å²) in [6.07, 6.45) is 0.295. The van der Waals surface area contributed by atoms with Gasteiger partial charge in [-0.2, -0.15) is 0 Å². The van der Waals surface area contributed by atoms with Crippen LogP contribution < -0.4 is 15.0 Å². The fourth-order valence-corrected chi connectivity index (χ4v) is 2.12. The maximum absolute atomic E-state index is 11.8. The summed E-state index contributed by atoms with van der Waals surface area (Å²) in [6.45, 7) is 2.76. The summed E-state index contributed by atoms with van der Waals surface area (Å²) in [5.41, 5.74) is 0.663. The highest BCUT2D eigenvalue weighted by molar-refractivity contribution is 9.10. The Morgan fingerprint density at radius 1 is 1.44 bits per heavy atom. The molecule has 5 nitrogen and oxygen atoms in total. The molecule has 0 aliphatic carbocycles. The highest BCUT2D eigenvalue weighted by atomic mass is 79.9. The third-order valence-electron chi connectivity index (χ3n) is 2.57. The quantitative estimate of drug-likeness (QED) is 0.931. The Hall–Kier alpha value is -1.56. The zero-order chi connectivity index (χ0) is 13.1. The number of nitrogens with zero attached hydrogens (tertiary/aromatic N) is 1. The summed E-state index contributed by atoms with van der Waals surface area (Å²) < 4.78 is 6.35. The molecule has 0 radical (unpaired) electrons. The maximum atomic E-state index is 11.8. The van der Waals surface area contributed by atoms with Gasteiger partial charge in [0.25, 0.3) is 0 Å². The number of ether oxygens (including phenoxy) is 1. The van der Waals surface area contributed by atoms with Gasteiger partial charge < -0.3 is 4.74 Å². The van der Waals surface area contributed by atoms with Crippen LogP contribution in [-0.4, -0.2) is 25.1 Å². The third-order valence-corrected chi connectivity index (χ3v) is 3.06. The predicted molar refractivity (Wildman–Crippen MR) is 70.8 cm³/mol. The molecule has 1 saturated heterocycles. The zero-order valence-electron chi connectivity index (χ0n) is 9.90. The first kappa shape index (κ1) is 12.9. The Balaban J connectivity index is 2.33. The van der Waals surface area contributed by atoms with Crippen molar-refractivity contribution in [3.05, 3.63) is 22.7 Å². The Morgan fingerprint density at radius 3 is 2.89 bits per heavy atom. The molecule has 0 saturated carbocycles. The largest absolute Gasteiger partial charge is 0.492 e. The molecule has 2 rings (SSSR count). The summed E-state index contributed by atoms with van der Waals surface area (Å²) in [5, 5.41) is 2.29. The molecule has 6 heteroatoms. The second-order valence-electron chi connectivity index (χ2n) is 3.80. The second-order valence-corrected chi connectivity index (χ2v) is 4.72. The van der Waals surface area contributed by atoms with Crippen LogP contribution in [0, 0.1) is 0 Å². The molecule has 0 spiro atoms. The van der Waals surface area contributed by atoms with Gasteiger partial charge in [-0.25, -0.2) is 4.79 Å². The van der Waals surface area contributed by atoms with Crippen molar-refractivity contribution in [1.82, 2.24) is 5.32 Å². The molecule has 3 amide bonds. The minimum absolute atomic E-state index is 0.246. The standard InChI is InChI=1S/C12H13BrN2O3/c1-2-18-10-4-3-8(13)7-9(10)15-6-5-11(16)14-12(15)17/h3-4,7H,2,5-6H2,1H3,(H,14,16,17). The third kappa shape index (κ3) is 2.64. The minimum atomic E-state index is -0.412. The van der Waals surface area contributed by atoms with Crippen molar-refractivity contribution in [2.75, 3.05) is 18.1 Å². The van der Waals surface area contributed by atoms with Crippen LogP contribution in [0.2, 0.25) is 0 Å². The lowest BCUT2D eigenvalue weighted by Gasteiger charge is -2.28. The number of rotatable bonds is 3. The summed E-state index contributed by atoms with van der Waals surface area (Å²) in [4.78, 5) is 24.4. The van der Waals surface area contributed by atoms with Gasteiger partial charge >= 0.3 is 6.03 Å². The first-order valence-corrected chi connectivity index (χ1v) is 6.45. The molecule has 1 heterocycles. The molecule has 1 aliphatic rings. The van der Waals surface area contributed by atoms with E-state index < -0.39 is 6.03 Å². The summed E-state index contributed by atoms with van der Waals surface area (Å²) in [6, 6.07) is 5.04. The molecular formula is C12H13BrN2O3. The SMILES string of the molecule is CCOc1ccc(Br)cc1N1CCC(=O)NC1=O. The smallest absolute Gasteiger partial charge is 0.328 e. The highest BCUT2D eigenvalue weighted by Crippen LogP contribution is 2.32. The van der Waals surface area contributed by atoms with Crippen LogP contribution in [-0.2, 0) is 4.79 Å². The molecule has 1 aromatic rings. The van der Waals surface area contributed by atoms with Crippen molar-refractivity contribution in [2.24, 2.45) is 0 Å². The van der Waals surface area contributed by atoms with E-state index in [2.05, 4.69) is 21.2 Å². The van der Waals surface area contributed by atoms with Gasteiger partial charge in [0.1, 0.15) is 5.75 Å². The van der Waals surface area contributed by atoms with E-state index in [1.165, 1.54) is 4.90 Å². The van der Waals surface area contributed by atoms with E-state index in [1.54, 1.807) is 12.1 Å². The van der Waals surface area contributed by atoms with E-state index in [0.29, 0.717) is 31.0 Å². The van der Waals surface area contributed by atoms with Gasteiger partial charge in [-0.3, -0.25) is 15.0 Å². The summed E-state index contributed by atoms with van der Waals surface area (Å²) in [7, 11) is 0. The molecule has 1 N–H and O–H groups in total. The van der Waals surface area contributed by atoms with E-state index in [1.807, 2.05) is 13.0 Å². The van der Waals surface area contributed by atoms with Crippen molar-refractivity contribution >= 4 is 33.6 Å². The molecule has 18 heavy (non-hydrogen) atoms. The molecule has 0 aromatic heterocycles. The number of hydrogen-bond donors (Lipinski definition) is 1. The van der Waals surface area contributed by atoms with Crippen LogP contribution in [0.1, 0.15) is 13.3 Å². The molecule has 0 unspecified atom stereocenters. The number of benzene rings is 1. The van der Waals surface area contributed by atoms with Crippen LogP contribution >= 0.6 is 15.9 Å². The predicted octanol–water partition coefficient (Wildman–Crippen LogP) is 2.29. The van der Waals surface area contributed by atoms with Gasteiger partial charge in [-0.15, -0.1) is 0 Å². The van der Waals surface area contributed by atoms with E-state index in [0.717, 1.165) is 4.47 Å². The van der Waals surface area contributed by atoms with Crippen molar-refractivity contribution in [3.8, 4) is 5.75 Å². The number of urea groups is 1. The molecule has 1 aromatic carbocycles. The van der Waals surface area contributed by atoms with Gasteiger partial charge in [0.15, 0.2) is 0 Å². The maximum Gasteiger partial charge on any atom is 0.328 e. The lowest BCUT2D eigenvalue weighted by atomic mass is 10.2. The van der Waals surface area contributed by atoms with E-state index >= 15 is 0 Å². The van der Waals surface area contributed by atoms with E-state index in [9.17, 15) is 9.59 Å². The van der Waals surface area contributed by atoms with E-state index in [-0.39, 0.29) is 5.91 Å². The van der Waals surface area contributed by atoms with Crippen molar-refractivity contribution in [3.63, 3.8) is 0 Å². The number of anilines is 1. The molecule has 1 aliphatic heterocycles. The first-order valence-electron chi connectivity index (χ1n) is 5.65. The lowest BCUT2D eigenvalue weighted by molar-refractivity contribution is -0.120. The number of carbonyl (C=O) groups excluding carboxylic acids is 2. The Morgan fingerprint density at radius 2 is 2.22 bits per heavy atom. The van der Waals surface area contributed by atoms with E-state index in [4.69, 9.17) is 4.74 Å². The summed E-state index contributed by atoms with van der Waals surface area (Å²) >= 11 is 3.36. The fraction of sp³-hybridized carbons (Fsp3) is 0.333. The molecule has 96 valence electrons. The van der Waals surface area contributed by atoms with Gasteiger partial charge in [0.2, 0.25) is 5.91 Å². The van der Waals surface area contributed by atoms with Crippen LogP contribution in [0.25, 0.3) is 0 Å². The number of halogens is 1. The Kier molecular flexibility index (Phi) is 3.86. The average Bonchev–Trinajstić information content (AvgIpc) is 2.32. The average molecular weight is 313 g/mol. The lowest BCUT2D eigenvalue weighted by Crippen LogP contribution is -2.49. The normalized spacial score (nSPS) is 15.6. The van der Waals surface area contributed by atoms with Crippen LogP contribution in [0.3, 0.4) is 0 Å². The number of amides is 3. The van der Waals surface area contributed by atoms with Gasteiger partial charge in [0.05, 0.1) is 12.3 Å². The summed E-state index contributed by atoms with van der Waals surface area (Å²) in [5.74, 6) is 0.384. The molecule has 0 bridgehead atoms. The van der Waals surface area contributed by atoms with Crippen LogP contribution in [0.5, 0.6) is 5.75 Å². The highest BCUT2D eigenvalue weighted by Gasteiger charge is 2.26. The van der Waals surface area contributed by atoms with Gasteiger partial charge in [-0.1, -0.05) is 15.9 Å². The first-order chi connectivity index (χ1) is 8.61. The Bertz CT molecular complexity index is 490. The minimum Gasteiger partial charge on any atom is -0.492 e. The number of imide groups is 1. The molecular weight excluding hydrogens is 300 g/mol. The second kappa shape index (κ2) is 5.39. The monoisotopic (exact) mass is 312 g/mol. The van der Waals surface area contributed by atoms with Gasteiger partial charge in [-0.05, 0) is 25.1 Å². The van der Waals surface area contributed by atoms with Crippen molar-refractivity contribution in [1.29, 1.82) is 0 Å². The fourth-order valence-electron chi connectivity index (χ4n) is 1.77. The zero-order valence-corrected chi connectivity index (χ0v) is 11.5. The van der Waals surface area contributed by atoms with Crippen molar-refractivity contribution < 1.29 is 14.3 Å². The van der Waals surface area contributed by atoms with Crippen molar-refractivity contribution in [2.45, 2.75) is 13.3 Å². The van der Waals surface area contributed by atoms with Crippen LogP contribution in [0.4, 0.5) is 10.5 Å². The topological polar surface area (TPSA) is 58.6 Å². The molecule has 1 fully saturated rings. The number of carbonyl (C=O) groups is 2. The number of nitrogens with one attached hydrogen (secondary N) is 1. The Labute approximate surface area is 113 Å². The van der Waals surface area contributed by atoms with Crippen LogP contribution in [0.15, 0.2) is 22.7 Å². The molecule has 0 atom stereocenters.